The average molecular weight is 229 g/mol. The molecule has 1 fully saturated rings. The Morgan fingerprint density at radius 3 is 3.00 bits per heavy atom. The van der Waals surface area contributed by atoms with Crippen LogP contribution in [0.2, 0.25) is 0 Å². The van der Waals surface area contributed by atoms with Gasteiger partial charge in [0.2, 0.25) is 5.91 Å². The lowest BCUT2D eigenvalue weighted by molar-refractivity contribution is -0.129. The third-order valence-electron chi connectivity index (χ3n) is 2.48. The molecule has 82 valence electrons. The molecule has 0 aliphatic carbocycles. The molecule has 15 heavy (non-hydrogen) atoms. The first-order chi connectivity index (χ1) is 7.16. The number of aliphatic hydroxyl groups excluding tert-OH is 1. The van der Waals surface area contributed by atoms with Crippen LogP contribution in [-0.2, 0) is 11.2 Å². The van der Waals surface area contributed by atoms with Gasteiger partial charge in [-0.15, -0.1) is 11.3 Å². The zero-order valence-corrected chi connectivity index (χ0v) is 8.91. The van der Waals surface area contributed by atoms with E-state index in [4.69, 9.17) is 0 Å². The maximum Gasteiger partial charge on any atom is 0.228 e. The second-order valence-electron chi connectivity index (χ2n) is 3.64. The molecule has 1 aromatic rings. The molecule has 1 aliphatic heterocycles. The van der Waals surface area contributed by atoms with Crippen LogP contribution in [0.4, 0.5) is 4.39 Å². The summed E-state index contributed by atoms with van der Waals surface area (Å²) in [5.74, 6) is -0.114. The van der Waals surface area contributed by atoms with Crippen LogP contribution < -0.4 is 0 Å². The van der Waals surface area contributed by atoms with Crippen LogP contribution in [0.25, 0.3) is 0 Å². The lowest BCUT2D eigenvalue weighted by Gasteiger charge is -2.14. The fourth-order valence-corrected chi connectivity index (χ4v) is 2.32. The highest BCUT2D eigenvalue weighted by atomic mass is 32.1. The Hall–Kier alpha value is -0.940. The highest BCUT2D eigenvalue weighted by Gasteiger charge is 2.33. The number of nitrogens with zero attached hydrogens (tertiary/aromatic N) is 1. The molecule has 1 aromatic heterocycles. The van der Waals surface area contributed by atoms with Crippen molar-refractivity contribution in [3.8, 4) is 0 Å². The SMILES string of the molecule is O=C(Cc1cccs1)N1C[C@@H](O)[C@H](F)C1. The highest BCUT2D eigenvalue weighted by molar-refractivity contribution is 7.10. The van der Waals surface area contributed by atoms with E-state index in [1.165, 1.54) is 16.2 Å². The van der Waals surface area contributed by atoms with Gasteiger partial charge in [0, 0.05) is 11.4 Å². The minimum Gasteiger partial charge on any atom is -0.388 e. The molecule has 3 nitrogen and oxygen atoms in total. The van der Waals surface area contributed by atoms with Crippen molar-refractivity contribution in [2.45, 2.75) is 18.7 Å². The van der Waals surface area contributed by atoms with Crippen molar-refractivity contribution < 1.29 is 14.3 Å². The van der Waals surface area contributed by atoms with Gasteiger partial charge in [0.15, 0.2) is 0 Å². The number of carbonyl (C=O) groups excluding carboxylic acids is 1. The quantitative estimate of drug-likeness (QED) is 0.816. The smallest absolute Gasteiger partial charge is 0.228 e. The molecule has 0 saturated carbocycles. The van der Waals surface area contributed by atoms with Crippen LogP contribution in [-0.4, -0.2) is 41.3 Å². The molecule has 2 rings (SSSR count). The Labute approximate surface area is 91.1 Å². The number of aliphatic hydroxyl groups is 1. The lowest BCUT2D eigenvalue weighted by Crippen LogP contribution is -2.30. The van der Waals surface area contributed by atoms with Gasteiger partial charge in [-0.1, -0.05) is 6.07 Å². The number of hydrogen-bond donors (Lipinski definition) is 1. The third-order valence-corrected chi connectivity index (χ3v) is 3.35. The molecule has 0 spiro atoms. The van der Waals surface area contributed by atoms with Gasteiger partial charge >= 0.3 is 0 Å². The standard InChI is InChI=1S/C10H12FNO2S/c11-8-5-12(6-9(8)13)10(14)4-7-2-1-3-15-7/h1-3,8-9,13H,4-6H2/t8-,9-/m1/s1. The molecular formula is C10H12FNO2S. The normalized spacial score (nSPS) is 25.9. The summed E-state index contributed by atoms with van der Waals surface area (Å²) in [7, 11) is 0. The molecular weight excluding hydrogens is 217 g/mol. The second-order valence-corrected chi connectivity index (χ2v) is 4.67. The van der Waals surface area contributed by atoms with Crippen molar-refractivity contribution >= 4 is 17.2 Å². The van der Waals surface area contributed by atoms with Crippen LogP contribution in [0.3, 0.4) is 0 Å². The highest BCUT2D eigenvalue weighted by Crippen LogP contribution is 2.16. The topological polar surface area (TPSA) is 40.5 Å². The first kappa shape index (κ1) is 10.6. The van der Waals surface area contributed by atoms with Crippen LogP contribution >= 0.6 is 11.3 Å². The van der Waals surface area contributed by atoms with E-state index in [0.717, 1.165) is 4.88 Å². The number of rotatable bonds is 2. The van der Waals surface area contributed by atoms with Crippen molar-refractivity contribution in [1.29, 1.82) is 0 Å². The van der Waals surface area contributed by atoms with Gasteiger partial charge in [-0.3, -0.25) is 4.79 Å². The van der Waals surface area contributed by atoms with Crippen molar-refractivity contribution in [3.05, 3.63) is 22.4 Å². The first-order valence-corrected chi connectivity index (χ1v) is 5.67. The van der Waals surface area contributed by atoms with Crippen molar-refractivity contribution in [2.75, 3.05) is 13.1 Å². The van der Waals surface area contributed by atoms with Crippen LogP contribution in [0.5, 0.6) is 0 Å². The van der Waals surface area contributed by atoms with Gasteiger partial charge in [-0.25, -0.2) is 4.39 Å². The molecule has 5 heteroatoms. The summed E-state index contributed by atoms with van der Waals surface area (Å²) in [6, 6.07) is 3.76. The Morgan fingerprint density at radius 1 is 1.67 bits per heavy atom. The molecule has 1 N–H and O–H groups in total. The maximum atomic E-state index is 13.0. The number of thiophene rings is 1. The fourth-order valence-electron chi connectivity index (χ4n) is 1.62. The summed E-state index contributed by atoms with van der Waals surface area (Å²) >= 11 is 1.51. The second kappa shape index (κ2) is 4.28. The Balaban J connectivity index is 1.92. The number of alkyl halides is 1. The Kier molecular flexibility index (Phi) is 3.02. The van der Waals surface area contributed by atoms with E-state index in [0.29, 0.717) is 6.42 Å². The molecule has 1 saturated heterocycles. The van der Waals surface area contributed by atoms with Gasteiger partial charge in [0.25, 0.3) is 0 Å². The summed E-state index contributed by atoms with van der Waals surface area (Å²) in [5, 5.41) is 11.1. The first-order valence-electron chi connectivity index (χ1n) is 4.79. The predicted octanol–water partition coefficient (Wildman–Crippen LogP) is 0.832. The Morgan fingerprint density at radius 2 is 2.47 bits per heavy atom. The summed E-state index contributed by atoms with van der Waals surface area (Å²) in [4.78, 5) is 14.0. The number of amides is 1. The van der Waals surface area contributed by atoms with Crippen molar-refractivity contribution in [1.82, 2.24) is 4.90 Å². The summed E-state index contributed by atoms with van der Waals surface area (Å²) in [5.41, 5.74) is 0. The van der Waals surface area contributed by atoms with Crippen LogP contribution in [0.1, 0.15) is 4.88 Å². The number of hydrogen-bond acceptors (Lipinski definition) is 3. The molecule has 0 unspecified atom stereocenters. The number of halogens is 1. The number of likely N-dealkylation sites (tertiary alicyclic amines) is 1. The van der Waals surface area contributed by atoms with Crippen LogP contribution in [0.15, 0.2) is 17.5 Å². The van der Waals surface area contributed by atoms with E-state index in [-0.39, 0.29) is 19.0 Å². The largest absolute Gasteiger partial charge is 0.388 e. The van der Waals surface area contributed by atoms with Crippen molar-refractivity contribution in [2.24, 2.45) is 0 Å². The van der Waals surface area contributed by atoms with E-state index in [1.54, 1.807) is 0 Å². The van der Waals surface area contributed by atoms with Crippen molar-refractivity contribution in [3.63, 3.8) is 0 Å². The number of carbonyl (C=O) groups is 1. The van der Waals surface area contributed by atoms with Gasteiger partial charge in [-0.2, -0.15) is 0 Å². The van der Waals surface area contributed by atoms with Gasteiger partial charge in [0.05, 0.1) is 13.0 Å². The molecule has 1 amide bonds. The molecule has 0 bridgehead atoms. The average Bonchev–Trinajstić information content (AvgIpc) is 2.78. The fraction of sp³-hybridized carbons (Fsp3) is 0.500. The molecule has 2 heterocycles. The molecule has 0 aromatic carbocycles. The van der Waals surface area contributed by atoms with Gasteiger partial charge in [0.1, 0.15) is 12.3 Å². The minimum atomic E-state index is -1.29. The summed E-state index contributed by atoms with van der Waals surface area (Å²) in [6.45, 7) is 0.136. The van der Waals surface area contributed by atoms with E-state index in [2.05, 4.69) is 0 Å². The third kappa shape index (κ3) is 2.35. The molecule has 0 radical (unpaired) electrons. The van der Waals surface area contributed by atoms with Gasteiger partial charge < -0.3 is 10.0 Å². The lowest BCUT2D eigenvalue weighted by atomic mass is 10.3. The molecule has 1 aliphatic rings. The number of β-amino-alcohol motifs (C(OH)–C–C–N with tert-alkyl or cyclic N) is 1. The minimum absolute atomic E-state index is 0.0192. The van der Waals surface area contributed by atoms with E-state index in [1.807, 2.05) is 17.5 Å². The van der Waals surface area contributed by atoms with Crippen LogP contribution in [0, 0.1) is 0 Å². The molecule has 2 atom stereocenters. The monoisotopic (exact) mass is 229 g/mol. The maximum absolute atomic E-state index is 13.0. The van der Waals surface area contributed by atoms with E-state index < -0.39 is 12.3 Å². The van der Waals surface area contributed by atoms with E-state index in [9.17, 15) is 14.3 Å². The zero-order valence-electron chi connectivity index (χ0n) is 8.10. The van der Waals surface area contributed by atoms with Gasteiger partial charge in [-0.05, 0) is 11.4 Å². The predicted molar refractivity (Wildman–Crippen MR) is 55.5 cm³/mol. The zero-order chi connectivity index (χ0) is 10.8. The summed E-state index contributed by atoms with van der Waals surface area (Å²) < 4.78 is 13.0. The van der Waals surface area contributed by atoms with E-state index >= 15 is 0 Å². The summed E-state index contributed by atoms with van der Waals surface area (Å²) in [6.07, 6.45) is -2.01. The Bertz CT molecular complexity index is 331.